The fourth-order valence-electron chi connectivity index (χ4n) is 2.58. The monoisotopic (exact) mass is 359 g/mol. The molecule has 0 bridgehead atoms. The Morgan fingerprint density at radius 1 is 1.36 bits per heavy atom. The van der Waals surface area contributed by atoms with E-state index in [9.17, 15) is 4.79 Å². The van der Waals surface area contributed by atoms with Crippen molar-refractivity contribution in [3.63, 3.8) is 0 Å². The standard InChI is InChI=1S/C17H18ClN5O2/c1-19-17(24)14-9-20-16-13(8-15(18)21-23(14)16)22(2)10-11-4-6-12(25-3)7-5-11/h4-9H,10H2,1-3H3,(H,19,24). The van der Waals surface area contributed by atoms with E-state index in [-0.39, 0.29) is 11.1 Å². The fourth-order valence-corrected chi connectivity index (χ4v) is 2.76. The van der Waals surface area contributed by atoms with Crippen LogP contribution >= 0.6 is 11.6 Å². The number of anilines is 1. The van der Waals surface area contributed by atoms with Gasteiger partial charge in [0.1, 0.15) is 5.75 Å². The number of amides is 1. The average Bonchev–Trinajstić information content (AvgIpc) is 3.04. The van der Waals surface area contributed by atoms with Gasteiger partial charge in [-0.2, -0.15) is 5.10 Å². The quantitative estimate of drug-likeness (QED) is 0.757. The predicted molar refractivity (Wildman–Crippen MR) is 96.5 cm³/mol. The zero-order chi connectivity index (χ0) is 18.0. The van der Waals surface area contributed by atoms with Crippen LogP contribution in [0.15, 0.2) is 36.5 Å². The van der Waals surface area contributed by atoms with Crippen LogP contribution in [-0.2, 0) is 6.54 Å². The lowest BCUT2D eigenvalue weighted by molar-refractivity contribution is 0.0956. The zero-order valence-electron chi connectivity index (χ0n) is 14.2. The normalized spacial score (nSPS) is 10.7. The van der Waals surface area contributed by atoms with Crippen molar-refractivity contribution in [3.8, 4) is 5.75 Å². The summed E-state index contributed by atoms with van der Waals surface area (Å²) >= 11 is 6.15. The Labute approximate surface area is 150 Å². The van der Waals surface area contributed by atoms with Crippen molar-refractivity contribution >= 4 is 28.8 Å². The first-order chi connectivity index (χ1) is 12.0. The Morgan fingerprint density at radius 2 is 2.08 bits per heavy atom. The van der Waals surface area contributed by atoms with Crippen molar-refractivity contribution in [2.75, 3.05) is 26.1 Å². The molecule has 0 saturated heterocycles. The molecule has 25 heavy (non-hydrogen) atoms. The summed E-state index contributed by atoms with van der Waals surface area (Å²) in [5.41, 5.74) is 2.79. The molecule has 3 rings (SSSR count). The number of aromatic nitrogens is 3. The Kier molecular flexibility index (Phi) is 4.76. The third-order valence-corrected chi connectivity index (χ3v) is 4.05. The second kappa shape index (κ2) is 6.98. The maximum absolute atomic E-state index is 12.0. The Hall–Kier alpha value is -2.80. The predicted octanol–water partition coefficient (Wildman–Crippen LogP) is 2.39. The third-order valence-electron chi connectivity index (χ3n) is 3.87. The molecule has 7 nitrogen and oxygen atoms in total. The Bertz CT molecular complexity index is 907. The molecule has 8 heteroatoms. The summed E-state index contributed by atoms with van der Waals surface area (Å²) in [7, 11) is 5.13. The average molecular weight is 360 g/mol. The highest BCUT2D eigenvalue weighted by Gasteiger charge is 2.17. The van der Waals surface area contributed by atoms with E-state index in [1.165, 1.54) is 10.7 Å². The highest BCUT2D eigenvalue weighted by molar-refractivity contribution is 6.29. The van der Waals surface area contributed by atoms with Crippen LogP contribution in [0.3, 0.4) is 0 Å². The summed E-state index contributed by atoms with van der Waals surface area (Å²) in [4.78, 5) is 18.3. The van der Waals surface area contributed by atoms with Crippen molar-refractivity contribution in [1.29, 1.82) is 0 Å². The van der Waals surface area contributed by atoms with Crippen LogP contribution in [0.5, 0.6) is 5.75 Å². The Balaban J connectivity index is 1.96. The SMILES string of the molecule is CNC(=O)c1cnc2c(N(C)Cc3ccc(OC)cc3)cc(Cl)nn12. The highest BCUT2D eigenvalue weighted by atomic mass is 35.5. The lowest BCUT2D eigenvalue weighted by atomic mass is 10.2. The summed E-state index contributed by atoms with van der Waals surface area (Å²) in [5.74, 6) is 0.537. The molecule has 0 aliphatic carbocycles. The minimum atomic E-state index is -0.272. The second-order valence-corrected chi connectivity index (χ2v) is 5.90. The van der Waals surface area contributed by atoms with Gasteiger partial charge in [0, 0.05) is 26.7 Å². The van der Waals surface area contributed by atoms with Crippen molar-refractivity contribution in [2.24, 2.45) is 0 Å². The summed E-state index contributed by atoms with van der Waals surface area (Å²) < 4.78 is 6.64. The Morgan fingerprint density at radius 3 is 2.72 bits per heavy atom. The topological polar surface area (TPSA) is 71.8 Å². The van der Waals surface area contributed by atoms with Crippen LogP contribution in [0.4, 0.5) is 5.69 Å². The van der Waals surface area contributed by atoms with Gasteiger partial charge in [-0.1, -0.05) is 23.7 Å². The fraction of sp³-hybridized carbons (Fsp3) is 0.235. The number of methoxy groups -OCH3 is 1. The van der Waals surface area contributed by atoms with Gasteiger partial charge in [0.15, 0.2) is 16.5 Å². The molecule has 1 amide bonds. The molecule has 130 valence electrons. The number of carbonyl (C=O) groups is 1. The number of imidazole rings is 1. The van der Waals surface area contributed by atoms with Crippen LogP contribution in [0.2, 0.25) is 5.15 Å². The van der Waals surface area contributed by atoms with Crippen molar-refractivity contribution < 1.29 is 9.53 Å². The van der Waals surface area contributed by atoms with Gasteiger partial charge in [0.05, 0.1) is 19.0 Å². The van der Waals surface area contributed by atoms with Gasteiger partial charge in [-0.05, 0) is 17.7 Å². The molecule has 0 aliphatic heterocycles. The number of nitrogens with zero attached hydrogens (tertiary/aromatic N) is 4. The number of benzene rings is 1. The first-order valence-electron chi connectivity index (χ1n) is 7.64. The van der Waals surface area contributed by atoms with Crippen LogP contribution in [0, 0.1) is 0 Å². The summed E-state index contributed by atoms with van der Waals surface area (Å²) in [6.07, 6.45) is 1.49. The number of rotatable bonds is 5. The van der Waals surface area contributed by atoms with Gasteiger partial charge in [-0.25, -0.2) is 9.50 Å². The minimum Gasteiger partial charge on any atom is -0.497 e. The van der Waals surface area contributed by atoms with E-state index in [0.29, 0.717) is 17.9 Å². The molecule has 2 aromatic heterocycles. The smallest absolute Gasteiger partial charge is 0.271 e. The van der Waals surface area contributed by atoms with E-state index in [1.807, 2.05) is 36.2 Å². The largest absolute Gasteiger partial charge is 0.497 e. The molecule has 1 N–H and O–H groups in total. The second-order valence-electron chi connectivity index (χ2n) is 5.51. The van der Waals surface area contributed by atoms with E-state index in [0.717, 1.165) is 17.0 Å². The highest BCUT2D eigenvalue weighted by Crippen LogP contribution is 2.25. The molecule has 0 fully saturated rings. The zero-order valence-corrected chi connectivity index (χ0v) is 14.9. The summed E-state index contributed by atoms with van der Waals surface area (Å²) in [5, 5.41) is 7.05. The van der Waals surface area contributed by atoms with E-state index in [1.54, 1.807) is 20.2 Å². The number of hydrogen-bond acceptors (Lipinski definition) is 5. The molecule has 0 spiro atoms. The van der Waals surface area contributed by atoms with E-state index in [2.05, 4.69) is 15.4 Å². The lowest BCUT2D eigenvalue weighted by Crippen LogP contribution is -2.21. The van der Waals surface area contributed by atoms with Gasteiger partial charge in [-0.15, -0.1) is 0 Å². The van der Waals surface area contributed by atoms with Crippen LogP contribution < -0.4 is 15.0 Å². The third kappa shape index (κ3) is 3.36. The van der Waals surface area contributed by atoms with Gasteiger partial charge in [0.2, 0.25) is 0 Å². The molecule has 0 radical (unpaired) electrons. The van der Waals surface area contributed by atoms with E-state index >= 15 is 0 Å². The number of fused-ring (bicyclic) bond motifs is 1. The number of carbonyl (C=O) groups excluding carboxylic acids is 1. The molecule has 3 aromatic rings. The molecular weight excluding hydrogens is 342 g/mol. The maximum atomic E-state index is 12.0. The number of halogens is 1. The van der Waals surface area contributed by atoms with Crippen LogP contribution in [0.25, 0.3) is 5.65 Å². The molecular formula is C17H18ClN5O2. The summed E-state index contributed by atoms with van der Waals surface area (Å²) in [6.45, 7) is 0.641. The molecule has 0 aliphatic rings. The molecule has 1 aromatic carbocycles. The van der Waals surface area contributed by atoms with Gasteiger partial charge < -0.3 is 15.0 Å². The van der Waals surface area contributed by atoms with Gasteiger partial charge in [0.25, 0.3) is 5.91 Å². The lowest BCUT2D eigenvalue weighted by Gasteiger charge is -2.20. The van der Waals surface area contributed by atoms with Crippen molar-refractivity contribution in [2.45, 2.75) is 6.54 Å². The molecule has 0 unspecified atom stereocenters. The van der Waals surface area contributed by atoms with Gasteiger partial charge >= 0.3 is 0 Å². The van der Waals surface area contributed by atoms with Crippen molar-refractivity contribution in [3.05, 3.63) is 52.9 Å². The molecule has 0 atom stereocenters. The first-order valence-corrected chi connectivity index (χ1v) is 8.01. The van der Waals surface area contributed by atoms with Crippen LogP contribution in [-0.4, -0.2) is 41.7 Å². The maximum Gasteiger partial charge on any atom is 0.271 e. The summed E-state index contributed by atoms with van der Waals surface area (Å²) in [6, 6.07) is 9.56. The molecule has 0 saturated carbocycles. The number of ether oxygens (including phenoxy) is 1. The number of hydrogen-bond donors (Lipinski definition) is 1. The van der Waals surface area contributed by atoms with Gasteiger partial charge in [-0.3, -0.25) is 4.79 Å². The van der Waals surface area contributed by atoms with E-state index in [4.69, 9.17) is 16.3 Å². The minimum absolute atomic E-state index is 0.272. The van der Waals surface area contributed by atoms with E-state index < -0.39 is 0 Å². The first kappa shape index (κ1) is 17.0. The van der Waals surface area contributed by atoms with Crippen LogP contribution in [0.1, 0.15) is 16.1 Å². The van der Waals surface area contributed by atoms with Crippen molar-refractivity contribution in [1.82, 2.24) is 19.9 Å². The molecule has 2 heterocycles. The number of nitrogens with one attached hydrogen (secondary N) is 1.